The molecule has 0 heterocycles. The van der Waals surface area contributed by atoms with Gasteiger partial charge < -0.3 is 0 Å². The summed E-state index contributed by atoms with van der Waals surface area (Å²) in [6.07, 6.45) is 0.276. The highest BCUT2D eigenvalue weighted by Gasteiger charge is 2.39. The molecule has 1 atom stereocenters. The van der Waals surface area contributed by atoms with Crippen LogP contribution in [-0.2, 0) is 11.2 Å². The summed E-state index contributed by atoms with van der Waals surface area (Å²) < 4.78 is 0. The van der Waals surface area contributed by atoms with Crippen LogP contribution in [-0.4, -0.2) is 17.3 Å². The van der Waals surface area contributed by atoms with Crippen molar-refractivity contribution >= 4 is 17.3 Å². The minimum absolute atomic E-state index is 0.229. The Kier molecular flexibility index (Phi) is 3.03. The van der Waals surface area contributed by atoms with Gasteiger partial charge >= 0.3 is 0 Å². The van der Waals surface area contributed by atoms with Gasteiger partial charge in [0.1, 0.15) is 0 Å². The number of hydrogen-bond acceptors (Lipinski definition) is 3. The van der Waals surface area contributed by atoms with Gasteiger partial charge in [0.05, 0.1) is 5.92 Å². The van der Waals surface area contributed by atoms with Crippen LogP contribution in [0.2, 0.25) is 0 Å². The van der Waals surface area contributed by atoms with E-state index in [1.807, 2.05) is 30.3 Å². The smallest absolute Gasteiger partial charge is 0.230 e. The lowest BCUT2D eigenvalue weighted by atomic mass is 9.78. The van der Waals surface area contributed by atoms with Crippen LogP contribution < -0.4 is 0 Å². The van der Waals surface area contributed by atoms with Crippen molar-refractivity contribution in [2.24, 2.45) is 5.92 Å². The Hall–Kier alpha value is -2.55. The SMILES string of the molecule is O=C1C(=O)C(Cc2ccccc2)C(=O)c2ccccc21. The maximum atomic E-state index is 12.4. The standard InChI is InChI=1S/C17H12O3/c18-15-12-8-4-5-9-13(12)16(19)17(20)14(15)10-11-6-2-1-3-7-11/h1-9,14H,10H2. The lowest BCUT2D eigenvalue weighted by molar-refractivity contribution is -0.117. The Balaban J connectivity index is 2.00. The first-order valence-corrected chi connectivity index (χ1v) is 6.44. The largest absolute Gasteiger partial charge is 0.293 e. The molecule has 20 heavy (non-hydrogen) atoms. The van der Waals surface area contributed by atoms with E-state index in [9.17, 15) is 14.4 Å². The summed E-state index contributed by atoms with van der Waals surface area (Å²) in [5, 5.41) is 0. The molecule has 0 amide bonds. The van der Waals surface area contributed by atoms with E-state index in [2.05, 4.69) is 0 Å². The quantitative estimate of drug-likeness (QED) is 0.618. The van der Waals surface area contributed by atoms with Gasteiger partial charge in [-0.05, 0) is 12.0 Å². The Morgan fingerprint density at radius 3 is 2.00 bits per heavy atom. The molecule has 3 heteroatoms. The molecular weight excluding hydrogens is 252 g/mol. The zero-order valence-electron chi connectivity index (χ0n) is 10.7. The third-order valence-corrected chi connectivity index (χ3v) is 3.58. The predicted molar refractivity (Wildman–Crippen MR) is 73.7 cm³/mol. The second kappa shape index (κ2) is 4.85. The Labute approximate surface area is 116 Å². The van der Waals surface area contributed by atoms with E-state index in [4.69, 9.17) is 0 Å². The van der Waals surface area contributed by atoms with Gasteiger partial charge in [0.25, 0.3) is 0 Å². The third-order valence-electron chi connectivity index (χ3n) is 3.58. The fraction of sp³-hybridized carbons (Fsp3) is 0.118. The third kappa shape index (κ3) is 1.97. The lowest BCUT2D eigenvalue weighted by Crippen LogP contribution is -2.38. The topological polar surface area (TPSA) is 51.2 Å². The number of hydrogen-bond donors (Lipinski definition) is 0. The van der Waals surface area contributed by atoms with Crippen LogP contribution in [0.1, 0.15) is 26.3 Å². The fourth-order valence-electron chi connectivity index (χ4n) is 2.53. The van der Waals surface area contributed by atoms with Gasteiger partial charge in [0.2, 0.25) is 11.6 Å². The van der Waals surface area contributed by atoms with Crippen molar-refractivity contribution in [3.05, 3.63) is 71.3 Å². The summed E-state index contributed by atoms with van der Waals surface area (Å²) in [7, 11) is 0. The Morgan fingerprint density at radius 2 is 1.30 bits per heavy atom. The number of Topliss-reactive ketones (excluding diaryl/α,β-unsaturated/α-hetero) is 3. The zero-order chi connectivity index (χ0) is 14.1. The average Bonchev–Trinajstić information content (AvgIpc) is 2.50. The molecule has 0 bridgehead atoms. The van der Waals surface area contributed by atoms with E-state index in [1.165, 1.54) is 6.07 Å². The number of ketones is 3. The van der Waals surface area contributed by atoms with E-state index in [1.54, 1.807) is 18.2 Å². The molecule has 0 fully saturated rings. The van der Waals surface area contributed by atoms with Crippen LogP contribution in [0, 0.1) is 5.92 Å². The highest BCUT2D eigenvalue weighted by Crippen LogP contribution is 2.25. The van der Waals surface area contributed by atoms with Crippen LogP contribution >= 0.6 is 0 Å². The van der Waals surface area contributed by atoms with Crippen molar-refractivity contribution in [3.63, 3.8) is 0 Å². The van der Waals surface area contributed by atoms with Crippen molar-refractivity contribution in [3.8, 4) is 0 Å². The summed E-state index contributed by atoms with van der Waals surface area (Å²) in [6.45, 7) is 0. The van der Waals surface area contributed by atoms with Crippen LogP contribution in [0.25, 0.3) is 0 Å². The molecule has 0 aromatic heterocycles. The number of fused-ring (bicyclic) bond motifs is 1. The van der Waals surface area contributed by atoms with Gasteiger partial charge in [-0.1, -0.05) is 54.6 Å². The van der Waals surface area contributed by atoms with Crippen molar-refractivity contribution in [1.29, 1.82) is 0 Å². The van der Waals surface area contributed by atoms with Gasteiger partial charge in [-0.15, -0.1) is 0 Å². The van der Waals surface area contributed by atoms with Crippen LogP contribution in [0.3, 0.4) is 0 Å². The summed E-state index contributed by atoms with van der Waals surface area (Å²) in [5.74, 6) is -2.30. The maximum Gasteiger partial charge on any atom is 0.230 e. The predicted octanol–water partition coefficient (Wildman–Crippen LogP) is 2.49. The first kappa shape index (κ1) is 12.5. The fourth-order valence-corrected chi connectivity index (χ4v) is 2.53. The zero-order valence-corrected chi connectivity index (χ0v) is 10.7. The van der Waals surface area contributed by atoms with Gasteiger partial charge in [-0.2, -0.15) is 0 Å². The molecule has 98 valence electrons. The van der Waals surface area contributed by atoms with Crippen LogP contribution in [0.5, 0.6) is 0 Å². The minimum atomic E-state index is -0.889. The monoisotopic (exact) mass is 264 g/mol. The molecule has 0 N–H and O–H groups in total. The highest BCUT2D eigenvalue weighted by atomic mass is 16.2. The van der Waals surface area contributed by atoms with E-state index < -0.39 is 17.5 Å². The number of carbonyl (C=O) groups excluding carboxylic acids is 3. The van der Waals surface area contributed by atoms with E-state index >= 15 is 0 Å². The molecule has 1 unspecified atom stereocenters. The number of carbonyl (C=O) groups is 3. The Bertz CT molecular complexity index is 701. The van der Waals surface area contributed by atoms with E-state index in [0.29, 0.717) is 5.56 Å². The number of benzene rings is 2. The van der Waals surface area contributed by atoms with E-state index in [-0.39, 0.29) is 17.8 Å². The summed E-state index contributed by atoms with van der Waals surface area (Å²) >= 11 is 0. The maximum absolute atomic E-state index is 12.4. The van der Waals surface area contributed by atoms with Crippen LogP contribution in [0.4, 0.5) is 0 Å². The van der Waals surface area contributed by atoms with Gasteiger partial charge in [-0.3, -0.25) is 14.4 Å². The molecule has 3 nitrogen and oxygen atoms in total. The van der Waals surface area contributed by atoms with Crippen molar-refractivity contribution in [2.75, 3.05) is 0 Å². The second-order valence-electron chi connectivity index (χ2n) is 4.85. The van der Waals surface area contributed by atoms with Gasteiger partial charge in [0.15, 0.2) is 5.78 Å². The molecule has 0 spiro atoms. The summed E-state index contributed by atoms with van der Waals surface area (Å²) in [5.41, 5.74) is 1.47. The van der Waals surface area contributed by atoms with Crippen molar-refractivity contribution < 1.29 is 14.4 Å². The summed E-state index contributed by atoms with van der Waals surface area (Å²) in [4.78, 5) is 36.6. The molecule has 2 aromatic carbocycles. The highest BCUT2D eigenvalue weighted by molar-refractivity contribution is 6.51. The molecule has 0 aliphatic heterocycles. The van der Waals surface area contributed by atoms with E-state index in [0.717, 1.165) is 5.56 Å². The average molecular weight is 264 g/mol. The lowest BCUT2D eigenvalue weighted by Gasteiger charge is -2.21. The first-order valence-electron chi connectivity index (χ1n) is 6.44. The molecule has 0 radical (unpaired) electrons. The molecule has 1 aliphatic rings. The van der Waals surface area contributed by atoms with Crippen molar-refractivity contribution in [2.45, 2.75) is 6.42 Å². The molecule has 0 saturated heterocycles. The number of rotatable bonds is 2. The molecule has 1 aliphatic carbocycles. The molecule has 3 rings (SSSR count). The minimum Gasteiger partial charge on any atom is -0.293 e. The van der Waals surface area contributed by atoms with Gasteiger partial charge in [0, 0.05) is 11.1 Å². The van der Waals surface area contributed by atoms with Gasteiger partial charge in [-0.25, -0.2) is 0 Å². The molecule has 0 saturated carbocycles. The summed E-state index contributed by atoms with van der Waals surface area (Å²) in [6, 6.07) is 15.8. The molecular formula is C17H12O3. The normalized spacial score (nSPS) is 18.0. The first-order chi connectivity index (χ1) is 9.68. The van der Waals surface area contributed by atoms with Crippen molar-refractivity contribution in [1.82, 2.24) is 0 Å². The molecule has 2 aromatic rings. The second-order valence-corrected chi connectivity index (χ2v) is 4.85. The van der Waals surface area contributed by atoms with Crippen LogP contribution in [0.15, 0.2) is 54.6 Å². The Morgan fingerprint density at radius 1 is 0.700 bits per heavy atom.